The van der Waals surface area contributed by atoms with Crippen molar-refractivity contribution in [1.82, 2.24) is 0 Å². The Morgan fingerprint density at radius 2 is 1.59 bits per heavy atom. The molecule has 2 aromatic rings. The molecule has 0 aromatic heterocycles. The zero-order valence-electron chi connectivity index (χ0n) is 9.08. The van der Waals surface area contributed by atoms with Gasteiger partial charge in [-0.15, -0.1) is 0 Å². The molecule has 84 valence electrons. The first kappa shape index (κ1) is 11.2. The van der Waals surface area contributed by atoms with Crippen molar-refractivity contribution in [2.24, 2.45) is 0 Å². The van der Waals surface area contributed by atoms with Crippen LogP contribution in [0, 0.1) is 0 Å². The summed E-state index contributed by atoms with van der Waals surface area (Å²) >= 11 is 7.48. The third-order valence-corrected chi connectivity index (χ3v) is 4.82. The first-order chi connectivity index (χ1) is 8.29. The molecule has 0 fully saturated rings. The molecule has 0 unspecified atom stereocenters. The molecule has 0 saturated heterocycles. The van der Waals surface area contributed by atoms with E-state index in [0.29, 0.717) is 0 Å². The van der Waals surface area contributed by atoms with Crippen LogP contribution in [0.4, 0.5) is 0 Å². The second kappa shape index (κ2) is 4.43. The lowest BCUT2D eigenvalue weighted by Crippen LogP contribution is -1.92. The highest BCUT2D eigenvalue weighted by Crippen LogP contribution is 2.39. The van der Waals surface area contributed by atoms with Crippen molar-refractivity contribution >= 4 is 48.7 Å². The zero-order chi connectivity index (χ0) is 11.8. The molecule has 0 bridgehead atoms. The van der Waals surface area contributed by atoms with Gasteiger partial charge >= 0.3 is 0 Å². The number of benzene rings is 2. The van der Waals surface area contributed by atoms with Crippen LogP contribution in [0.25, 0.3) is 16.8 Å². The van der Waals surface area contributed by atoms with Crippen LogP contribution in [0.5, 0.6) is 0 Å². The lowest BCUT2D eigenvalue weighted by atomic mass is 9.99. The van der Waals surface area contributed by atoms with Crippen molar-refractivity contribution in [3.05, 3.63) is 62.6 Å². The Hall–Kier alpha value is -0.860. The van der Waals surface area contributed by atoms with Gasteiger partial charge in [-0.2, -0.15) is 0 Å². The molecule has 17 heavy (non-hydrogen) atoms. The van der Waals surface area contributed by atoms with Crippen LogP contribution in [-0.2, 0) is 6.42 Å². The highest BCUT2D eigenvalue weighted by Gasteiger charge is 2.14. The Morgan fingerprint density at radius 1 is 0.882 bits per heavy atom. The summed E-state index contributed by atoms with van der Waals surface area (Å²) in [6.07, 6.45) is 9.52. The van der Waals surface area contributed by atoms with Crippen LogP contribution in [0.2, 0.25) is 0 Å². The number of rotatable bonds is 0. The van der Waals surface area contributed by atoms with Gasteiger partial charge in [0.05, 0.1) is 0 Å². The first-order valence-electron chi connectivity index (χ1n) is 5.51. The fourth-order valence-corrected chi connectivity index (χ4v) is 3.65. The van der Waals surface area contributed by atoms with Crippen LogP contribution in [0.15, 0.2) is 51.4 Å². The standard InChI is InChI=1S/C15H10Br2/c16-14-10-6-2-1-3-7-11(10)15(17)13-9-5-4-8-12(13)14/h1-6,8-9H,7H2. The summed E-state index contributed by atoms with van der Waals surface area (Å²) in [5.41, 5.74) is 2.63. The van der Waals surface area contributed by atoms with E-state index in [1.807, 2.05) is 0 Å². The van der Waals surface area contributed by atoms with Crippen molar-refractivity contribution in [1.29, 1.82) is 0 Å². The molecule has 0 radical (unpaired) electrons. The lowest BCUT2D eigenvalue weighted by molar-refractivity contribution is 1.25. The maximum absolute atomic E-state index is 3.75. The van der Waals surface area contributed by atoms with E-state index in [1.54, 1.807) is 0 Å². The van der Waals surface area contributed by atoms with Crippen LogP contribution in [-0.4, -0.2) is 0 Å². The molecule has 0 N–H and O–H groups in total. The quantitative estimate of drug-likeness (QED) is 0.589. The van der Waals surface area contributed by atoms with Gasteiger partial charge in [0.1, 0.15) is 0 Å². The van der Waals surface area contributed by atoms with Gasteiger partial charge in [0.25, 0.3) is 0 Å². The van der Waals surface area contributed by atoms with Gasteiger partial charge in [0.15, 0.2) is 0 Å². The molecule has 2 aromatic carbocycles. The maximum atomic E-state index is 3.75. The summed E-state index contributed by atoms with van der Waals surface area (Å²) in [7, 11) is 0. The summed E-state index contributed by atoms with van der Waals surface area (Å²) < 4.78 is 2.40. The molecule has 0 spiro atoms. The van der Waals surface area contributed by atoms with Crippen molar-refractivity contribution in [2.75, 3.05) is 0 Å². The van der Waals surface area contributed by atoms with E-state index in [4.69, 9.17) is 0 Å². The third-order valence-electron chi connectivity index (χ3n) is 3.06. The second-order valence-electron chi connectivity index (χ2n) is 4.06. The molecule has 0 atom stereocenters. The van der Waals surface area contributed by atoms with Gasteiger partial charge in [0, 0.05) is 8.95 Å². The Morgan fingerprint density at radius 3 is 2.35 bits per heavy atom. The van der Waals surface area contributed by atoms with Crippen molar-refractivity contribution in [3.63, 3.8) is 0 Å². The Balaban J connectivity index is 2.47. The predicted octanol–water partition coefficient (Wildman–Crippen LogP) is 5.49. The molecule has 0 aliphatic heterocycles. The fourth-order valence-electron chi connectivity index (χ4n) is 2.21. The zero-order valence-corrected chi connectivity index (χ0v) is 12.3. The van der Waals surface area contributed by atoms with E-state index in [2.05, 4.69) is 80.4 Å². The van der Waals surface area contributed by atoms with E-state index in [9.17, 15) is 0 Å². The average Bonchev–Trinajstić information content (AvgIpc) is 2.62. The van der Waals surface area contributed by atoms with Crippen LogP contribution in [0.1, 0.15) is 11.1 Å². The monoisotopic (exact) mass is 348 g/mol. The first-order valence-corrected chi connectivity index (χ1v) is 7.09. The minimum atomic E-state index is 0.965. The van der Waals surface area contributed by atoms with Gasteiger partial charge in [0.2, 0.25) is 0 Å². The number of fused-ring (bicyclic) bond motifs is 2. The summed E-state index contributed by atoms with van der Waals surface area (Å²) in [4.78, 5) is 0. The number of hydrogen-bond donors (Lipinski definition) is 0. The second-order valence-corrected chi connectivity index (χ2v) is 5.64. The Labute approximate surface area is 117 Å². The van der Waals surface area contributed by atoms with Crippen molar-refractivity contribution < 1.29 is 0 Å². The van der Waals surface area contributed by atoms with Crippen molar-refractivity contribution in [3.8, 4) is 0 Å². The highest BCUT2D eigenvalue weighted by molar-refractivity contribution is 9.11. The number of halogens is 2. The molecule has 2 heteroatoms. The van der Waals surface area contributed by atoms with Gasteiger partial charge < -0.3 is 0 Å². The fraction of sp³-hybridized carbons (Fsp3) is 0.0667. The Bertz CT molecular complexity index is 652. The third kappa shape index (κ3) is 1.80. The molecular formula is C15H10Br2. The highest BCUT2D eigenvalue weighted by atomic mass is 79.9. The maximum Gasteiger partial charge on any atom is 0.0329 e. The Kier molecular flexibility index (Phi) is 2.93. The molecule has 0 heterocycles. The predicted molar refractivity (Wildman–Crippen MR) is 81.2 cm³/mol. The summed E-state index contributed by atoms with van der Waals surface area (Å²) in [5.74, 6) is 0. The normalized spacial score (nSPS) is 13.8. The minimum absolute atomic E-state index is 0.965. The van der Waals surface area contributed by atoms with E-state index >= 15 is 0 Å². The van der Waals surface area contributed by atoms with Crippen LogP contribution >= 0.6 is 31.9 Å². The van der Waals surface area contributed by atoms with Crippen molar-refractivity contribution in [2.45, 2.75) is 6.42 Å². The van der Waals surface area contributed by atoms with Crippen LogP contribution in [0.3, 0.4) is 0 Å². The SMILES string of the molecule is Brc1c2c(c(Br)c3ccccc13)CC=CC=C2. The van der Waals surface area contributed by atoms with E-state index in [0.717, 1.165) is 6.42 Å². The molecule has 1 aliphatic carbocycles. The van der Waals surface area contributed by atoms with E-state index < -0.39 is 0 Å². The topological polar surface area (TPSA) is 0 Å². The molecule has 0 saturated carbocycles. The van der Waals surface area contributed by atoms with Gasteiger partial charge in [-0.05, 0) is 60.2 Å². The molecule has 0 amide bonds. The summed E-state index contributed by atoms with van der Waals surface area (Å²) in [6.45, 7) is 0. The summed E-state index contributed by atoms with van der Waals surface area (Å²) in [6, 6.07) is 8.46. The average molecular weight is 350 g/mol. The minimum Gasteiger partial charge on any atom is -0.0801 e. The molecular weight excluding hydrogens is 340 g/mol. The number of hydrogen-bond acceptors (Lipinski definition) is 0. The van der Waals surface area contributed by atoms with Gasteiger partial charge in [-0.25, -0.2) is 0 Å². The van der Waals surface area contributed by atoms with E-state index in [-0.39, 0.29) is 0 Å². The van der Waals surface area contributed by atoms with Gasteiger partial charge in [-0.3, -0.25) is 0 Å². The smallest absolute Gasteiger partial charge is 0.0329 e. The molecule has 1 aliphatic rings. The van der Waals surface area contributed by atoms with Crippen LogP contribution < -0.4 is 0 Å². The summed E-state index contributed by atoms with van der Waals surface area (Å²) in [5, 5.41) is 2.52. The molecule has 0 nitrogen and oxygen atoms in total. The molecule has 3 rings (SSSR count). The largest absolute Gasteiger partial charge is 0.0801 e. The van der Waals surface area contributed by atoms with E-state index in [1.165, 1.54) is 30.8 Å². The number of allylic oxidation sites excluding steroid dienone is 3. The van der Waals surface area contributed by atoms with Gasteiger partial charge in [-0.1, -0.05) is 48.6 Å². The lowest BCUT2D eigenvalue weighted by Gasteiger charge is -2.13.